The first-order chi connectivity index (χ1) is 12.6. The normalized spacial score (nSPS) is 15.5. The molecule has 0 saturated carbocycles. The minimum atomic E-state index is 0.613. The van der Waals surface area contributed by atoms with Crippen molar-refractivity contribution < 1.29 is 9.47 Å². The number of hydrogen-bond donors (Lipinski definition) is 0. The summed E-state index contributed by atoms with van der Waals surface area (Å²) in [5.41, 5.74) is 1.17. The molecule has 0 unspecified atom stereocenters. The summed E-state index contributed by atoms with van der Waals surface area (Å²) in [5.74, 6) is 2.11. The van der Waals surface area contributed by atoms with Gasteiger partial charge in [-0.15, -0.1) is 11.3 Å². The van der Waals surface area contributed by atoms with Crippen LogP contribution in [0.2, 0.25) is 5.02 Å². The molecule has 0 radical (unpaired) electrons. The molecule has 0 N–H and O–H groups in total. The van der Waals surface area contributed by atoms with Crippen LogP contribution in [0, 0.1) is 13.8 Å². The second-order valence-electron chi connectivity index (χ2n) is 6.35. The van der Waals surface area contributed by atoms with Gasteiger partial charge in [-0.2, -0.15) is 4.98 Å². The molecular weight excluding hydrogens is 370 g/mol. The highest BCUT2D eigenvalue weighted by Gasteiger charge is 2.19. The molecule has 0 bridgehead atoms. The minimum Gasteiger partial charge on any atom is -0.438 e. The largest absolute Gasteiger partial charge is 0.438 e. The van der Waals surface area contributed by atoms with Gasteiger partial charge in [0.1, 0.15) is 16.4 Å². The number of hydrogen-bond acceptors (Lipinski definition) is 6. The van der Waals surface area contributed by atoms with Crippen LogP contribution in [0.4, 0.5) is 0 Å². The number of ether oxygens (including phenoxy) is 2. The van der Waals surface area contributed by atoms with E-state index in [1.165, 1.54) is 10.4 Å². The zero-order valence-corrected chi connectivity index (χ0v) is 16.4. The number of rotatable bonds is 4. The summed E-state index contributed by atoms with van der Waals surface area (Å²) in [7, 11) is 0. The van der Waals surface area contributed by atoms with Crippen molar-refractivity contribution in [2.24, 2.45) is 0 Å². The molecule has 3 aromatic rings. The van der Waals surface area contributed by atoms with Crippen LogP contribution in [0.1, 0.15) is 16.3 Å². The average molecular weight is 390 g/mol. The standard InChI is InChI=1S/C19H20ClN3O2S/c1-12-13(2)26-19-17(12)18(25-15-5-3-14(20)4-6-15)21-16(22-19)11-23-7-9-24-10-8-23/h3-6H,7-11H2,1-2H3. The van der Waals surface area contributed by atoms with Crippen molar-refractivity contribution in [3.05, 3.63) is 45.6 Å². The van der Waals surface area contributed by atoms with Gasteiger partial charge in [0.25, 0.3) is 0 Å². The summed E-state index contributed by atoms with van der Waals surface area (Å²) >= 11 is 7.66. The van der Waals surface area contributed by atoms with E-state index in [-0.39, 0.29) is 0 Å². The molecule has 1 fully saturated rings. The number of halogens is 1. The van der Waals surface area contributed by atoms with Gasteiger partial charge in [0, 0.05) is 23.0 Å². The summed E-state index contributed by atoms with van der Waals surface area (Å²) in [6, 6.07) is 7.34. The number of thiophene rings is 1. The Labute approximate surface area is 161 Å². The van der Waals surface area contributed by atoms with Crippen molar-refractivity contribution >= 4 is 33.2 Å². The molecule has 0 spiro atoms. The SMILES string of the molecule is Cc1sc2nc(CN3CCOCC3)nc(Oc3ccc(Cl)cc3)c2c1C. The van der Waals surface area contributed by atoms with Crippen LogP contribution < -0.4 is 4.74 Å². The summed E-state index contributed by atoms with van der Waals surface area (Å²) in [6.07, 6.45) is 0. The lowest BCUT2D eigenvalue weighted by molar-refractivity contribution is 0.0330. The molecule has 0 amide bonds. The first-order valence-electron chi connectivity index (χ1n) is 8.60. The number of fused-ring (bicyclic) bond motifs is 1. The molecule has 136 valence electrons. The molecule has 2 aromatic heterocycles. The Morgan fingerprint density at radius 3 is 2.62 bits per heavy atom. The fraction of sp³-hybridized carbons (Fsp3) is 0.368. The highest BCUT2D eigenvalue weighted by atomic mass is 35.5. The molecule has 4 rings (SSSR count). The van der Waals surface area contributed by atoms with E-state index in [1.807, 2.05) is 24.3 Å². The summed E-state index contributed by atoms with van der Waals surface area (Å²) in [5, 5.41) is 1.67. The van der Waals surface area contributed by atoms with Crippen molar-refractivity contribution in [1.29, 1.82) is 0 Å². The topological polar surface area (TPSA) is 47.5 Å². The maximum Gasteiger partial charge on any atom is 0.231 e. The Morgan fingerprint density at radius 1 is 1.15 bits per heavy atom. The maximum atomic E-state index is 6.12. The highest BCUT2D eigenvalue weighted by molar-refractivity contribution is 7.18. The molecule has 1 saturated heterocycles. The predicted octanol–water partition coefficient (Wildman–Crippen LogP) is 4.59. The fourth-order valence-corrected chi connectivity index (χ4v) is 4.14. The summed E-state index contributed by atoms with van der Waals surface area (Å²) in [6.45, 7) is 8.21. The monoisotopic (exact) mass is 389 g/mol. The first kappa shape index (κ1) is 17.7. The van der Waals surface area contributed by atoms with E-state index in [4.69, 9.17) is 31.0 Å². The molecule has 0 atom stereocenters. The smallest absolute Gasteiger partial charge is 0.231 e. The third-order valence-electron chi connectivity index (χ3n) is 4.54. The average Bonchev–Trinajstić information content (AvgIpc) is 2.92. The van der Waals surface area contributed by atoms with Crippen LogP contribution in [0.25, 0.3) is 10.2 Å². The zero-order valence-electron chi connectivity index (χ0n) is 14.8. The molecule has 1 aromatic carbocycles. The molecule has 7 heteroatoms. The van der Waals surface area contributed by atoms with Crippen molar-refractivity contribution in [1.82, 2.24) is 14.9 Å². The van der Waals surface area contributed by atoms with Gasteiger partial charge in [-0.3, -0.25) is 4.90 Å². The number of benzene rings is 1. The van der Waals surface area contributed by atoms with Crippen LogP contribution in [0.5, 0.6) is 11.6 Å². The van der Waals surface area contributed by atoms with Gasteiger partial charge < -0.3 is 9.47 Å². The van der Waals surface area contributed by atoms with Gasteiger partial charge >= 0.3 is 0 Å². The third kappa shape index (κ3) is 3.69. The van der Waals surface area contributed by atoms with Gasteiger partial charge in [0.2, 0.25) is 5.88 Å². The van der Waals surface area contributed by atoms with Gasteiger partial charge in [-0.25, -0.2) is 4.98 Å². The Kier molecular flexibility index (Phi) is 5.09. The van der Waals surface area contributed by atoms with Crippen molar-refractivity contribution in [2.75, 3.05) is 26.3 Å². The predicted molar refractivity (Wildman–Crippen MR) is 105 cm³/mol. The summed E-state index contributed by atoms with van der Waals surface area (Å²) < 4.78 is 11.5. The van der Waals surface area contributed by atoms with Gasteiger partial charge in [0.05, 0.1) is 25.1 Å². The van der Waals surface area contributed by atoms with Gasteiger partial charge in [0.15, 0.2) is 0 Å². The molecule has 1 aliphatic heterocycles. The van der Waals surface area contributed by atoms with E-state index < -0.39 is 0 Å². The highest BCUT2D eigenvalue weighted by Crippen LogP contribution is 2.36. The Balaban J connectivity index is 1.71. The first-order valence-corrected chi connectivity index (χ1v) is 9.80. The molecular formula is C19H20ClN3O2S. The Hall–Kier alpha value is -1.73. The molecule has 1 aliphatic rings. The second-order valence-corrected chi connectivity index (χ2v) is 7.99. The third-order valence-corrected chi connectivity index (χ3v) is 5.89. The number of aromatic nitrogens is 2. The molecule has 0 aliphatic carbocycles. The van der Waals surface area contributed by atoms with Crippen LogP contribution in [-0.2, 0) is 11.3 Å². The minimum absolute atomic E-state index is 0.613. The van der Waals surface area contributed by atoms with Gasteiger partial charge in [-0.1, -0.05) is 11.6 Å². The van der Waals surface area contributed by atoms with E-state index in [0.29, 0.717) is 17.4 Å². The fourth-order valence-electron chi connectivity index (χ4n) is 2.97. The van der Waals surface area contributed by atoms with Crippen molar-refractivity contribution in [2.45, 2.75) is 20.4 Å². The maximum absolute atomic E-state index is 6.12. The van der Waals surface area contributed by atoms with Crippen LogP contribution in [-0.4, -0.2) is 41.2 Å². The van der Waals surface area contributed by atoms with E-state index >= 15 is 0 Å². The van der Waals surface area contributed by atoms with Crippen molar-refractivity contribution in [3.8, 4) is 11.6 Å². The van der Waals surface area contributed by atoms with Crippen LogP contribution in [0.15, 0.2) is 24.3 Å². The van der Waals surface area contributed by atoms with Crippen LogP contribution >= 0.6 is 22.9 Å². The van der Waals surface area contributed by atoms with Gasteiger partial charge in [-0.05, 0) is 43.7 Å². The molecule has 5 nitrogen and oxygen atoms in total. The number of aryl methyl sites for hydroxylation is 2. The lowest BCUT2D eigenvalue weighted by atomic mass is 10.2. The zero-order chi connectivity index (χ0) is 18.1. The Bertz CT molecular complexity index is 921. The van der Waals surface area contributed by atoms with E-state index in [0.717, 1.165) is 48.1 Å². The Morgan fingerprint density at radius 2 is 1.88 bits per heavy atom. The number of nitrogens with zero attached hydrogens (tertiary/aromatic N) is 3. The van der Waals surface area contributed by atoms with Crippen LogP contribution in [0.3, 0.4) is 0 Å². The van der Waals surface area contributed by atoms with E-state index in [2.05, 4.69) is 18.7 Å². The van der Waals surface area contributed by atoms with E-state index in [1.54, 1.807) is 11.3 Å². The number of morpholine rings is 1. The lowest BCUT2D eigenvalue weighted by Crippen LogP contribution is -2.36. The molecule has 3 heterocycles. The lowest BCUT2D eigenvalue weighted by Gasteiger charge is -2.25. The molecule has 26 heavy (non-hydrogen) atoms. The quantitative estimate of drug-likeness (QED) is 0.653. The van der Waals surface area contributed by atoms with Crippen molar-refractivity contribution in [3.63, 3.8) is 0 Å². The summed E-state index contributed by atoms with van der Waals surface area (Å²) in [4.78, 5) is 14.1. The second kappa shape index (κ2) is 7.48. The van der Waals surface area contributed by atoms with E-state index in [9.17, 15) is 0 Å².